The van der Waals surface area contributed by atoms with E-state index in [4.69, 9.17) is 4.74 Å². The van der Waals surface area contributed by atoms with Crippen molar-refractivity contribution in [1.29, 1.82) is 0 Å². The lowest BCUT2D eigenvalue weighted by Gasteiger charge is -2.20. The normalized spacial score (nSPS) is 26.4. The molecule has 1 saturated carbocycles. The Morgan fingerprint density at radius 3 is 3.00 bits per heavy atom. The largest absolute Gasteiger partial charge is 0.484 e. The van der Waals surface area contributed by atoms with E-state index in [1.807, 2.05) is 17.8 Å². The van der Waals surface area contributed by atoms with Gasteiger partial charge >= 0.3 is 0 Å². The number of ether oxygens (including phenoxy) is 1. The summed E-state index contributed by atoms with van der Waals surface area (Å²) in [5, 5.41) is 14.1. The van der Waals surface area contributed by atoms with Gasteiger partial charge in [0, 0.05) is 6.54 Å². The zero-order valence-corrected chi connectivity index (χ0v) is 9.80. The third-order valence-corrected chi connectivity index (χ3v) is 3.14. The molecule has 0 unspecified atom stereocenters. The number of aromatic nitrogens is 2. The minimum absolute atomic E-state index is 0.0583. The summed E-state index contributed by atoms with van der Waals surface area (Å²) in [6.45, 7) is 2.88. The molecule has 0 radical (unpaired) electrons. The van der Waals surface area contributed by atoms with E-state index in [2.05, 4.69) is 5.10 Å². The summed E-state index contributed by atoms with van der Waals surface area (Å²) in [6, 6.07) is 0. The quantitative estimate of drug-likeness (QED) is 0.798. The van der Waals surface area contributed by atoms with Crippen molar-refractivity contribution >= 4 is 0 Å². The van der Waals surface area contributed by atoms with Crippen molar-refractivity contribution in [2.24, 2.45) is 0 Å². The lowest BCUT2D eigenvalue weighted by Crippen LogP contribution is -2.30. The standard InChI is InChI=1S/C12H20N2O2/c1-2-14-9-10(8-13-14)16-12-7-5-3-4-6-11(12)15/h8-9,11-12,15H,2-7H2,1H3/t11-,12-/m1/s1. The predicted octanol–water partition coefficient (Wildman–Crippen LogP) is 1.98. The van der Waals surface area contributed by atoms with Crippen LogP contribution in [0.25, 0.3) is 0 Å². The highest BCUT2D eigenvalue weighted by molar-refractivity contribution is 5.12. The van der Waals surface area contributed by atoms with Crippen LogP contribution >= 0.6 is 0 Å². The molecule has 0 amide bonds. The Kier molecular flexibility index (Phi) is 3.83. The van der Waals surface area contributed by atoms with Crippen LogP contribution in [0.3, 0.4) is 0 Å². The summed E-state index contributed by atoms with van der Waals surface area (Å²) < 4.78 is 7.63. The topological polar surface area (TPSA) is 47.3 Å². The molecule has 1 fully saturated rings. The molecule has 1 aromatic rings. The third kappa shape index (κ3) is 2.76. The zero-order chi connectivity index (χ0) is 11.4. The molecule has 2 rings (SSSR count). The van der Waals surface area contributed by atoms with Crippen molar-refractivity contribution in [3.63, 3.8) is 0 Å². The lowest BCUT2D eigenvalue weighted by atomic mass is 10.1. The minimum Gasteiger partial charge on any atom is -0.484 e. The average molecular weight is 224 g/mol. The molecule has 4 heteroatoms. The van der Waals surface area contributed by atoms with Crippen LogP contribution in [0.2, 0.25) is 0 Å². The third-order valence-electron chi connectivity index (χ3n) is 3.14. The second kappa shape index (κ2) is 5.34. The van der Waals surface area contributed by atoms with E-state index < -0.39 is 0 Å². The number of aryl methyl sites for hydroxylation is 1. The van der Waals surface area contributed by atoms with Gasteiger partial charge in [-0.15, -0.1) is 0 Å². The van der Waals surface area contributed by atoms with E-state index in [1.54, 1.807) is 6.20 Å². The Hall–Kier alpha value is -1.03. The van der Waals surface area contributed by atoms with Gasteiger partial charge < -0.3 is 9.84 Å². The highest BCUT2D eigenvalue weighted by atomic mass is 16.5. The second-order valence-corrected chi connectivity index (χ2v) is 4.39. The fraction of sp³-hybridized carbons (Fsp3) is 0.750. The molecular weight excluding hydrogens is 204 g/mol. The van der Waals surface area contributed by atoms with Crippen molar-refractivity contribution in [3.05, 3.63) is 12.4 Å². The van der Waals surface area contributed by atoms with Crippen LogP contribution in [0.4, 0.5) is 0 Å². The highest BCUT2D eigenvalue weighted by Gasteiger charge is 2.23. The smallest absolute Gasteiger partial charge is 0.157 e. The molecule has 2 atom stereocenters. The molecule has 1 aliphatic rings. The molecule has 1 heterocycles. The molecule has 1 aromatic heterocycles. The van der Waals surface area contributed by atoms with Crippen LogP contribution in [0.5, 0.6) is 5.75 Å². The van der Waals surface area contributed by atoms with Gasteiger partial charge in [0.05, 0.1) is 18.5 Å². The van der Waals surface area contributed by atoms with Crippen LogP contribution in [0.15, 0.2) is 12.4 Å². The Morgan fingerprint density at radius 2 is 2.25 bits per heavy atom. The monoisotopic (exact) mass is 224 g/mol. The lowest BCUT2D eigenvalue weighted by molar-refractivity contribution is 0.0319. The molecule has 1 aliphatic carbocycles. The molecule has 1 N–H and O–H groups in total. The van der Waals surface area contributed by atoms with Crippen LogP contribution < -0.4 is 4.74 Å². The maximum absolute atomic E-state index is 9.92. The van der Waals surface area contributed by atoms with Crippen molar-refractivity contribution in [3.8, 4) is 5.75 Å². The molecule has 16 heavy (non-hydrogen) atoms. The van der Waals surface area contributed by atoms with Gasteiger partial charge in [-0.2, -0.15) is 5.10 Å². The molecule has 4 nitrogen and oxygen atoms in total. The Bertz CT molecular complexity index is 325. The summed E-state index contributed by atoms with van der Waals surface area (Å²) in [5.74, 6) is 0.771. The highest BCUT2D eigenvalue weighted by Crippen LogP contribution is 2.22. The number of aliphatic hydroxyl groups is 1. The van der Waals surface area contributed by atoms with E-state index in [0.717, 1.165) is 38.0 Å². The number of hydrogen-bond donors (Lipinski definition) is 1. The fourth-order valence-electron chi connectivity index (χ4n) is 2.14. The Labute approximate surface area is 96.2 Å². The second-order valence-electron chi connectivity index (χ2n) is 4.39. The summed E-state index contributed by atoms with van der Waals surface area (Å²) in [5.41, 5.74) is 0. The maximum atomic E-state index is 9.92. The fourth-order valence-corrected chi connectivity index (χ4v) is 2.14. The summed E-state index contributed by atoms with van der Waals surface area (Å²) in [4.78, 5) is 0. The first-order valence-corrected chi connectivity index (χ1v) is 6.16. The molecule has 0 bridgehead atoms. The molecule has 0 spiro atoms. The summed E-state index contributed by atoms with van der Waals surface area (Å²) in [7, 11) is 0. The van der Waals surface area contributed by atoms with Crippen LogP contribution in [-0.4, -0.2) is 27.1 Å². The van der Waals surface area contributed by atoms with Gasteiger partial charge in [0.2, 0.25) is 0 Å². The van der Waals surface area contributed by atoms with E-state index in [-0.39, 0.29) is 12.2 Å². The van der Waals surface area contributed by atoms with Crippen molar-refractivity contribution in [2.75, 3.05) is 0 Å². The Morgan fingerprint density at radius 1 is 1.44 bits per heavy atom. The van der Waals surface area contributed by atoms with Gasteiger partial charge in [0.25, 0.3) is 0 Å². The zero-order valence-electron chi connectivity index (χ0n) is 9.80. The van der Waals surface area contributed by atoms with Crippen molar-refractivity contribution < 1.29 is 9.84 Å². The first kappa shape index (κ1) is 11.5. The van der Waals surface area contributed by atoms with E-state index >= 15 is 0 Å². The molecule has 0 aromatic carbocycles. The summed E-state index contributed by atoms with van der Waals surface area (Å²) in [6.07, 6.45) is 8.47. The van der Waals surface area contributed by atoms with Crippen molar-refractivity contribution in [1.82, 2.24) is 9.78 Å². The van der Waals surface area contributed by atoms with Gasteiger partial charge in [-0.25, -0.2) is 0 Å². The molecule has 0 saturated heterocycles. The predicted molar refractivity (Wildman–Crippen MR) is 61.4 cm³/mol. The summed E-state index contributed by atoms with van der Waals surface area (Å²) >= 11 is 0. The van der Waals surface area contributed by atoms with Gasteiger partial charge in [-0.1, -0.05) is 12.8 Å². The number of rotatable bonds is 3. The van der Waals surface area contributed by atoms with Crippen LogP contribution in [-0.2, 0) is 6.54 Å². The molecular formula is C12H20N2O2. The Balaban J connectivity index is 1.96. The van der Waals surface area contributed by atoms with Gasteiger partial charge in [-0.3, -0.25) is 4.68 Å². The maximum Gasteiger partial charge on any atom is 0.157 e. The minimum atomic E-state index is -0.326. The number of nitrogens with zero attached hydrogens (tertiary/aromatic N) is 2. The van der Waals surface area contributed by atoms with Gasteiger partial charge in [0.1, 0.15) is 6.10 Å². The average Bonchev–Trinajstić information content (AvgIpc) is 2.65. The number of hydrogen-bond acceptors (Lipinski definition) is 3. The van der Waals surface area contributed by atoms with Crippen LogP contribution in [0.1, 0.15) is 39.0 Å². The van der Waals surface area contributed by atoms with Crippen LogP contribution in [0, 0.1) is 0 Å². The first-order chi connectivity index (χ1) is 7.79. The van der Waals surface area contributed by atoms with Gasteiger partial charge in [-0.05, 0) is 26.2 Å². The van der Waals surface area contributed by atoms with E-state index in [0.29, 0.717) is 0 Å². The first-order valence-electron chi connectivity index (χ1n) is 6.16. The molecule has 0 aliphatic heterocycles. The number of aliphatic hydroxyl groups excluding tert-OH is 1. The SMILES string of the molecule is CCn1cc(O[C@@H]2CCCCC[C@H]2O)cn1. The van der Waals surface area contributed by atoms with E-state index in [9.17, 15) is 5.11 Å². The van der Waals surface area contributed by atoms with E-state index in [1.165, 1.54) is 6.42 Å². The molecule has 90 valence electrons. The van der Waals surface area contributed by atoms with Gasteiger partial charge in [0.15, 0.2) is 5.75 Å². The van der Waals surface area contributed by atoms with Crippen molar-refractivity contribution in [2.45, 2.75) is 57.8 Å².